The van der Waals surface area contributed by atoms with Gasteiger partial charge in [-0.05, 0) is 74.7 Å². The maximum absolute atomic E-state index is 12.2. The van der Waals surface area contributed by atoms with Crippen molar-refractivity contribution in [2.24, 2.45) is 0 Å². The van der Waals surface area contributed by atoms with Gasteiger partial charge >= 0.3 is 0 Å². The topological polar surface area (TPSA) is 76.7 Å². The Labute approximate surface area is 181 Å². The lowest BCUT2D eigenvalue weighted by molar-refractivity contribution is -0.133. The van der Waals surface area contributed by atoms with Crippen molar-refractivity contribution in [1.29, 1.82) is 0 Å². The number of hydrogen-bond donors (Lipinski definition) is 2. The van der Waals surface area contributed by atoms with Crippen LogP contribution in [-0.4, -0.2) is 24.5 Å². The standard InChI is InChI=1S/C20H22Br2N2O4/c1-11-7-15(21)5-6-17(11)27-10-18(25)23-24-20(26)14(4)28-19-12(2)8-16(22)9-13(19)3/h5-9,14H,10H2,1-4H3,(H,23,25)(H,24,26). The van der Waals surface area contributed by atoms with Crippen LogP contribution in [0.1, 0.15) is 23.6 Å². The molecular weight excluding hydrogens is 492 g/mol. The molecule has 0 aliphatic carbocycles. The van der Waals surface area contributed by atoms with Gasteiger partial charge in [0.15, 0.2) is 12.7 Å². The van der Waals surface area contributed by atoms with Crippen molar-refractivity contribution in [1.82, 2.24) is 10.9 Å². The molecule has 150 valence electrons. The highest BCUT2D eigenvalue weighted by Gasteiger charge is 2.18. The lowest BCUT2D eigenvalue weighted by atomic mass is 10.1. The normalized spacial score (nSPS) is 11.5. The first-order valence-electron chi connectivity index (χ1n) is 8.58. The van der Waals surface area contributed by atoms with Gasteiger partial charge < -0.3 is 9.47 Å². The van der Waals surface area contributed by atoms with Crippen LogP contribution < -0.4 is 20.3 Å². The molecule has 0 saturated heterocycles. The second-order valence-corrected chi connectivity index (χ2v) is 8.20. The number of hydrazine groups is 1. The van der Waals surface area contributed by atoms with Crippen LogP contribution in [0.5, 0.6) is 11.5 Å². The first-order chi connectivity index (χ1) is 13.2. The highest BCUT2D eigenvalue weighted by Crippen LogP contribution is 2.28. The van der Waals surface area contributed by atoms with E-state index in [1.807, 2.05) is 45.0 Å². The van der Waals surface area contributed by atoms with Gasteiger partial charge in [0, 0.05) is 8.95 Å². The van der Waals surface area contributed by atoms with Gasteiger partial charge in [-0.1, -0.05) is 31.9 Å². The molecule has 2 rings (SSSR count). The minimum absolute atomic E-state index is 0.219. The second-order valence-electron chi connectivity index (χ2n) is 6.36. The molecule has 0 bridgehead atoms. The summed E-state index contributed by atoms with van der Waals surface area (Å²) in [4.78, 5) is 24.1. The number of ether oxygens (including phenoxy) is 2. The van der Waals surface area contributed by atoms with E-state index in [1.165, 1.54) is 0 Å². The number of amides is 2. The summed E-state index contributed by atoms with van der Waals surface area (Å²) in [6.45, 7) is 7.08. The van der Waals surface area contributed by atoms with Crippen molar-refractivity contribution < 1.29 is 19.1 Å². The van der Waals surface area contributed by atoms with Crippen LogP contribution in [0.25, 0.3) is 0 Å². The zero-order valence-corrected chi connectivity index (χ0v) is 19.2. The van der Waals surface area contributed by atoms with Crippen LogP contribution in [0.4, 0.5) is 0 Å². The summed E-state index contributed by atoms with van der Waals surface area (Å²) in [6, 6.07) is 9.31. The van der Waals surface area contributed by atoms with Gasteiger partial charge in [-0.25, -0.2) is 0 Å². The van der Waals surface area contributed by atoms with E-state index in [2.05, 4.69) is 42.7 Å². The van der Waals surface area contributed by atoms with Crippen LogP contribution in [0.2, 0.25) is 0 Å². The molecule has 1 unspecified atom stereocenters. The van der Waals surface area contributed by atoms with Crippen LogP contribution in [0.15, 0.2) is 39.3 Å². The van der Waals surface area contributed by atoms with Gasteiger partial charge in [0.25, 0.3) is 11.8 Å². The zero-order valence-electron chi connectivity index (χ0n) is 16.1. The minimum Gasteiger partial charge on any atom is -0.483 e. The van der Waals surface area contributed by atoms with Gasteiger partial charge in [-0.3, -0.25) is 20.4 Å². The molecule has 28 heavy (non-hydrogen) atoms. The van der Waals surface area contributed by atoms with E-state index in [1.54, 1.807) is 13.0 Å². The molecule has 2 aromatic carbocycles. The fraction of sp³-hybridized carbons (Fsp3) is 0.300. The second kappa shape index (κ2) is 9.93. The SMILES string of the molecule is Cc1cc(Br)ccc1OCC(=O)NNC(=O)C(C)Oc1c(C)cc(Br)cc1C. The molecule has 2 aromatic rings. The highest BCUT2D eigenvalue weighted by molar-refractivity contribution is 9.10. The predicted molar refractivity (Wildman–Crippen MR) is 114 cm³/mol. The van der Waals surface area contributed by atoms with Crippen LogP contribution in [0.3, 0.4) is 0 Å². The number of carbonyl (C=O) groups is 2. The Morgan fingerprint density at radius 3 is 2.18 bits per heavy atom. The summed E-state index contributed by atoms with van der Waals surface area (Å²) in [5, 5.41) is 0. The number of halogens is 2. The Balaban J connectivity index is 1.83. The molecule has 0 spiro atoms. The first-order valence-corrected chi connectivity index (χ1v) is 10.2. The number of carbonyl (C=O) groups excluding carboxylic acids is 2. The maximum atomic E-state index is 12.2. The van der Waals surface area contributed by atoms with Crippen molar-refractivity contribution in [2.75, 3.05) is 6.61 Å². The third-order valence-corrected chi connectivity index (χ3v) is 4.86. The molecule has 0 radical (unpaired) electrons. The molecule has 0 saturated carbocycles. The van der Waals surface area contributed by atoms with Crippen LogP contribution in [-0.2, 0) is 9.59 Å². The molecule has 8 heteroatoms. The largest absolute Gasteiger partial charge is 0.483 e. The van der Waals surface area contributed by atoms with E-state index in [9.17, 15) is 9.59 Å². The van der Waals surface area contributed by atoms with E-state index in [0.717, 1.165) is 25.6 Å². The summed E-state index contributed by atoms with van der Waals surface area (Å²) >= 11 is 6.80. The number of nitrogens with one attached hydrogen (secondary N) is 2. The number of rotatable bonds is 6. The molecule has 6 nitrogen and oxygen atoms in total. The van der Waals surface area contributed by atoms with Crippen molar-refractivity contribution in [2.45, 2.75) is 33.8 Å². The van der Waals surface area contributed by atoms with Crippen molar-refractivity contribution in [3.05, 3.63) is 56.0 Å². The Kier molecular flexibility index (Phi) is 7.88. The van der Waals surface area contributed by atoms with E-state index >= 15 is 0 Å². The number of aryl methyl sites for hydroxylation is 3. The number of benzene rings is 2. The maximum Gasteiger partial charge on any atom is 0.279 e. The summed E-state index contributed by atoms with van der Waals surface area (Å²) in [6.07, 6.45) is -0.784. The molecule has 2 N–H and O–H groups in total. The Bertz CT molecular complexity index is 863. The molecule has 0 aliphatic rings. The van der Waals surface area contributed by atoms with Crippen molar-refractivity contribution >= 4 is 43.7 Å². The monoisotopic (exact) mass is 512 g/mol. The molecule has 1 atom stereocenters. The Morgan fingerprint density at radius 1 is 0.964 bits per heavy atom. The highest BCUT2D eigenvalue weighted by atomic mass is 79.9. The first kappa shape index (κ1) is 22.2. The molecule has 0 aliphatic heterocycles. The van der Waals surface area contributed by atoms with Gasteiger partial charge in [0.1, 0.15) is 11.5 Å². The van der Waals surface area contributed by atoms with Gasteiger partial charge in [0.2, 0.25) is 0 Å². The van der Waals surface area contributed by atoms with Gasteiger partial charge in [0.05, 0.1) is 0 Å². The Morgan fingerprint density at radius 2 is 1.57 bits per heavy atom. The van der Waals surface area contributed by atoms with E-state index < -0.39 is 17.9 Å². The lowest BCUT2D eigenvalue weighted by Crippen LogP contribution is -2.48. The molecule has 0 aromatic heterocycles. The molecule has 0 fully saturated rings. The summed E-state index contributed by atoms with van der Waals surface area (Å²) in [5.41, 5.74) is 7.40. The van der Waals surface area contributed by atoms with E-state index in [4.69, 9.17) is 9.47 Å². The average Bonchev–Trinajstić information content (AvgIpc) is 2.61. The summed E-state index contributed by atoms with van der Waals surface area (Å²) < 4.78 is 13.1. The fourth-order valence-electron chi connectivity index (χ4n) is 2.50. The summed E-state index contributed by atoms with van der Waals surface area (Å²) in [7, 11) is 0. The van der Waals surface area contributed by atoms with E-state index in [0.29, 0.717) is 11.5 Å². The zero-order chi connectivity index (χ0) is 20.8. The quantitative estimate of drug-likeness (QED) is 0.569. The minimum atomic E-state index is -0.784. The predicted octanol–water partition coefficient (Wildman–Crippen LogP) is 4.13. The average molecular weight is 514 g/mol. The molecule has 2 amide bonds. The molecule has 0 heterocycles. The van der Waals surface area contributed by atoms with Gasteiger partial charge in [-0.15, -0.1) is 0 Å². The van der Waals surface area contributed by atoms with Crippen molar-refractivity contribution in [3.63, 3.8) is 0 Å². The lowest BCUT2D eigenvalue weighted by Gasteiger charge is -2.18. The van der Waals surface area contributed by atoms with Crippen LogP contribution >= 0.6 is 31.9 Å². The number of hydrogen-bond acceptors (Lipinski definition) is 4. The Hall–Kier alpha value is -2.06. The third-order valence-electron chi connectivity index (χ3n) is 3.91. The van der Waals surface area contributed by atoms with Crippen molar-refractivity contribution in [3.8, 4) is 11.5 Å². The summed E-state index contributed by atoms with van der Waals surface area (Å²) in [5.74, 6) is 0.308. The van der Waals surface area contributed by atoms with Gasteiger partial charge in [-0.2, -0.15) is 0 Å². The molecular formula is C20H22Br2N2O4. The fourth-order valence-corrected chi connectivity index (χ4v) is 3.66. The van der Waals surface area contributed by atoms with Crippen LogP contribution in [0, 0.1) is 20.8 Å². The van der Waals surface area contributed by atoms with E-state index in [-0.39, 0.29) is 6.61 Å². The third kappa shape index (κ3) is 6.24. The smallest absolute Gasteiger partial charge is 0.279 e.